The van der Waals surface area contributed by atoms with Gasteiger partial charge in [-0.2, -0.15) is 0 Å². The summed E-state index contributed by atoms with van der Waals surface area (Å²) in [7, 11) is 1.61. The number of ether oxygens (including phenoxy) is 3. The molecule has 6 nitrogen and oxygen atoms in total. The molecule has 2 rings (SSSR count). The van der Waals surface area contributed by atoms with Crippen LogP contribution in [0.2, 0.25) is 0 Å². The molecule has 0 fully saturated rings. The molecular weight excluding hydrogens is 346 g/mol. The van der Waals surface area contributed by atoms with Gasteiger partial charge < -0.3 is 19.5 Å². The Morgan fingerprint density at radius 1 is 0.926 bits per heavy atom. The van der Waals surface area contributed by atoms with Crippen molar-refractivity contribution in [3.8, 4) is 11.5 Å². The van der Waals surface area contributed by atoms with E-state index in [0.717, 1.165) is 5.75 Å². The molecule has 2 aromatic carbocycles. The maximum absolute atomic E-state index is 12.2. The van der Waals surface area contributed by atoms with E-state index in [0.29, 0.717) is 36.8 Å². The van der Waals surface area contributed by atoms with E-state index < -0.39 is 0 Å². The lowest BCUT2D eigenvalue weighted by atomic mass is 10.1. The van der Waals surface area contributed by atoms with Gasteiger partial charge in [0, 0.05) is 37.3 Å². The summed E-state index contributed by atoms with van der Waals surface area (Å²) in [5.41, 5.74) is 1.20. The first-order valence-corrected chi connectivity index (χ1v) is 8.90. The minimum atomic E-state index is -0.219. The van der Waals surface area contributed by atoms with Gasteiger partial charge in [0.15, 0.2) is 5.78 Å². The maximum Gasteiger partial charge on any atom is 0.224 e. The Balaban J connectivity index is 1.81. The SMILES string of the molecule is CCOc1ccc(C(=O)CCC(=O)Nc2cccc(OCCOC)c2)cc1. The molecule has 0 aliphatic carbocycles. The van der Waals surface area contributed by atoms with Gasteiger partial charge >= 0.3 is 0 Å². The molecule has 0 spiro atoms. The monoisotopic (exact) mass is 371 g/mol. The van der Waals surface area contributed by atoms with E-state index in [1.165, 1.54) is 0 Å². The lowest BCUT2D eigenvalue weighted by Gasteiger charge is -2.09. The van der Waals surface area contributed by atoms with Crippen LogP contribution in [0.1, 0.15) is 30.1 Å². The summed E-state index contributed by atoms with van der Waals surface area (Å²) in [6, 6.07) is 14.1. The van der Waals surface area contributed by atoms with Gasteiger partial charge in [0.1, 0.15) is 18.1 Å². The second-order valence-electron chi connectivity index (χ2n) is 5.80. The fourth-order valence-corrected chi connectivity index (χ4v) is 2.41. The average molecular weight is 371 g/mol. The number of anilines is 1. The van der Waals surface area contributed by atoms with Gasteiger partial charge in [0.2, 0.25) is 5.91 Å². The van der Waals surface area contributed by atoms with Crippen molar-refractivity contribution in [3.63, 3.8) is 0 Å². The average Bonchev–Trinajstić information content (AvgIpc) is 2.67. The highest BCUT2D eigenvalue weighted by molar-refractivity contribution is 6.00. The molecule has 144 valence electrons. The zero-order valence-electron chi connectivity index (χ0n) is 15.7. The Labute approximate surface area is 159 Å². The van der Waals surface area contributed by atoms with Crippen LogP contribution < -0.4 is 14.8 Å². The summed E-state index contributed by atoms with van der Waals surface area (Å²) in [5, 5.41) is 2.78. The molecule has 0 atom stereocenters. The van der Waals surface area contributed by atoms with Crippen LogP contribution in [-0.4, -0.2) is 38.6 Å². The van der Waals surface area contributed by atoms with Gasteiger partial charge in [0.25, 0.3) is 0 Å². The molecule has 1 amide bonds. The van der Waals surface area contributed by atoms with E-state index >= 15 is 0 Å². The normalized spacial score (nSPS) is 10.3. The Kier molecular flexibility index (Phi) is 8.32. The number of hydrogen-bond acceptors (Lipinski definition) is 5. The van der Waals surface area contributed by atoms with E-state index in [1.807, 2.05) is 6.92 Å². The predicted octanol–water partition coefficient (Wildman–Crippen LogP) is 3.71. The van der Waals surface area contributed by atoms with Crippen LogP contribution in [0.4, 0.5) is 5.69 Å². The number of Topliss-reactive ketones (excluding diaryl/α,β-unsaturated/α-hetero) is 1. The number of benzene rings is 2. The van der Waals surface area contributed by atoms with Crippen LogP contribution in [0.3, 0.4) is 0 Å². The molecule has 0 saturated heterocycles. The predicted molar refractivity (Wildman–Crippen MR) is 104 cm³/mol. The van der Waals surface area contributed by atoms with Crippen LogP contribution in [0.5, 0.6) is 11.5 Å². The fraction of sp³-hybridized carbons (Fsp3) is 0.333. The highest BCUT2D eigenvalue weighted by Gasteiger charge is 2.10. The van der Waals surface area contributed by atoms with Crippen LogP contribution in [-0.2, 0) is 9.53 Å². The lowest BCUT2D eigenvalue weighted by molar-refractivity contribution is -0.116. The quantitative estimate of drug-likeness (QED) is 0.481. The van der Waals surface area contributed by atoms with Gasteiger partial charge in [-0.25, -0.2) is 0 Å². The van der Waals surface area contributed by atoms with Crippen LogP contribution in [0.25, 0.3) is 0 Å². The standard InChI is InChI=1S/C21H25NO5/c1-3-26-18-9-7-16(8-10-18)20(23)11-12-21(24)22-17-5-4-6-19(15-17)27-14-13-25-2/h4-10,15H,3,11-14H2,1-2H3,(H,22,24). The number of methoxy groups -OCH3 is 1. The number of ketones is 1. The van der Waals surface area contributed by atoms with E-state index in [9.17, 15) is 9.59 Å². The molecule has 0 bridgehead atoms. The van der Waals surface area contributed by atoms with Crippen LogP contribution in [0, 0.1) is 0 Å². The second-order valence-corrected chi connectivity index (χ2v) is 5.80. The smallest absolute Gasteiger partial charge is 0.224 e. The zero-order valence-corrected chi connectivity index (χ0v) is 15.7. The third kappa shape index (κ3) is 7.11. The number of carbonyl (C=O) groups is 2. The Morgan fingerprint density at radius 3 is 2.41 bits per heavy atom. The third-order valence-electron chi connectivity index (χ3n) is 3.74. The van der Waals surface area contributed by atoms with Gasteiger partial charge in [-0.1, -0.05) is 6.07 Å². The first-order valence-electron chi connectivity index (χ1n) is 8.90. The van der Waals surface area contributed by atoms with Crippen molar-refractivity contribution >= 4 is 17.4 Å². The molecule has 1 N–H and O–H groups in total. The molecular formula is C21H25NO5. The Hall–Kier alpha value is -2.86. The first-order chi connectivity index (χ1) is 13.1. The molecule has 0 radical (unpaired) electrons. The summed E-state index contributed by atoms with van der Waals surface area (Å²) in [4.78, 5) is 24.3. The Bertz CT molecular complexity index is 742. The molecule has 0 unspecified atom stereocenters. The van der Waals surface area contributed by atoms with Crippen molar-refractivity contribution in [2.24, 2.45) is 0 Å². The van der Waals surface area contributed by atoms with E-state index in [4.69, 9.17) is 14.2 Å². The Morgan fingerprint density at radius 2 is 1.70 bits per heavy atom. The van der Waals surface area contributed by atoms with Gasteiger partial charge in [-0.15, -0.1) is 0 Å². The summed E-state index contributed by atoms with van der Waals surface area (Å²) in [6.45, 7) is 3.40. The van der Waals surface area contributed by atoms with Crippen LogP contribution >= 0.6 is 0 Å². The lowest BCUT2D eigenvalue weighted by Crippen LogP contribution is -2.13. The third-order valence-corrected chi connectivity index (χ3v) is 3.74. The van der Waals surface area contributed by atoms with Crippen molar-refractivity contribution in [2.75, 3.05) is 32.2 Å². The summed E-state index contributed by atoms with van der Waals surface area (Å²) in [6.07, 6.45) is 0.255. The topological polar surface area (TPSA) is 73.9 Å². The van der Waals surface area contributed by atoms with Gasteiger partial charge in [-0.05, 0) is 43.3 Å². The van der Waals surface area contributed by atoms with Gasteiger partial charge in [-0.3, -0.25) is 9.59 Å². The number of carbonyl (C=O) groups excluding carboxylic acids is 2. The summed E-state index contributed by atoms with van der Waals surface area (Å²) >= 11 is 0. The molecule has 0 saturated carbocycles. The number of nitrogens with one attached hydrogen (secondary N) is 1. The number of hydrogen-bond donors (Lipinski definition) is 1. The minimum absolute atomic E-state index is 0.0788. The van der Waals surface area contributed by atoms with Crippen LogP contribution in [0.15, 0.2) is 48.5 Å². The van der Waals surface area contributed by atoms with E-state index in [2.05, 4.69) is 5.32 Å². The number of amides is 1. The van der Waals surface area contributed by atoms with E-state index in [1.54, 1.807) is 55.6 Å². The first kappa shape index (κ1) is 20.5. The van der Waals surface area contributed by atoms with Crippen molar-refractivity contribution in [1.82, 2.24) is 0 Å². The highest BCUT2D eigenvalue weighted by atomic mass is 16.5. The minimum Gasteiger partial charge on any atom is -0.494 e. The van der Waals surface area contributed by atoms with E-state index in [-0.39, 0.29) is 24.5 Å². The molecule has 6 heteroatoms. The zero-order chi connectivity index (χ0) is 19.5. The fourth-order valence-electron chi connectivity index (χ4n) is 2.41. The van der Waals surface area contributed by atoms with Crippen molar-refractivity contribution < 1.29 is 23.8 Å². The van der Waals surface area contributed by atoms with Gasteiger partial charge in [0.05, 0.1) is 13.2 Å². The van der Waals surface area contributed by atoms with Crippen molar-refractivity contribution in [3.05, 3.63) is 54.1 Å². The molecule has 0 aliphatic heterocycles. The molecule has 0 heterocycles. The molecule has 2 aromatic rings. The maximum atomic E-state index is 12.2. The summed E-state index contributed by atoms with van der Waals surface area (Å²) < 4.78 is 15.8. The molecule has 0 aromatic heterocycles. The molecule has 0 aliphatic rings. The largest absolute Gasteiger partial charge is 0.494 e. The highest BCUT2D eigenvalue weighted by Crippen LogP contribution is 2.18. The van der Waals surface area contributed by atoms with Crippen molar-refractivity contribution in [1.29, 1.82) is 0 Å². The van der Waals surface area contributed by atoms with Crippen molar-refractivity contribution in [2.45, 2.75) is 19.8 Å². The molecule has 27 heavy (non-hydrogen) atoms. The number of rotatable bonds is 11. The summed E-state index contributed by atoms with van der Waals surface area (Å²) in [5.74, 6) is 1.07. The second kappa shape index (κ2) is 11.0.